The average Bonchev–Trinajstić information content (AvgIpc) is 2.87. The highest BCUT2D eigenvalue weighted by atomic mass is 32.2. The Bertz CT molecular complexity index is 692. The van der Waals surface area contributed by atoms with E-state index in [2.05, 4.69) is 14.9 Å². The van der Waals surface area contributed by atoms with Crippen molar-refractivity contribution in [2.75, 3.05) is 4.72 Å². The standard InChI is InChI=1S/C13H18N4O2S/c1-9(2)11-5-3-4-6-12(11)17-20(18,19)13-10(7-14)8-15-16-13/h3-6,8-9,17H,7,14H2,1-2H3,(H,15,16). The molecule has 6 nitrogen and oxygen atoms in total. The van der Waals surface area contributed by atoms with Crippen molar-refractivity contribution in [2.24, 2.45) is 5.73 Å². The van der Waals surface area contributed by atoms with Crippen molar-refractivity contribution in [1.29, 1.82) is 0 Å². The summed E-state index contributed by atoms with van der Waals surface area (Å²) in [6.45, 7) is 4.13. The van der Waals surface area contributed by atoms with E-state index in [-0.39, 0.29) is 17.5 Å². The third-order valence-corrected chi connectivity index (χ3v) is 4.37. The van der Waals surface area contributed by atoms with Gasteiger partial charge in [-0.2, -0.15) is 13.5 Å². The average molecular weight is 294 g/mol. The molecule has 20 heavy (non-hydrogen) atoms. The summed E-state index contributed by atoms with van der Waals surface area (Å²) in [6, 6.07) is 7.32. The van der Waals surface area contributed by atoms with Crippen LogP contribution in [0.4, 0.5) is 5.69 Å². The minimum Gasteiger partial charge on any atom is -0.326 e. The number of nitrogens with zero attached hydrogens (tertiary/aromatic N) is 1. The van der Waals surface area contributed by atoms with Gasteiger partial charge >= 0.3 is 0 Å². The number of hydrogen-bond donors (Lipinski definition) is 3. The molecule has 0 amide bonds. The van der Waals surface area contributed by atoms with Gasteiger partial charge in [0.05, 0.1) is 11.9 Å². The van der Waals surface area contributed by atoms with Gasteiger partial charge in [-0.25, -0.2) is 0 Å². The van der Waals surface area contributed by atoms with Crippen LogP contribution in [0.1, 0.15) is 30.9 Å². The summed E-state index contributed by atoms with van der Waals surface area (Å²) in [5, 5.41) is 6.23. The Labute approximate surface area is 118 Å². The molecule has 0 unspecified atom stereocenters. The van der Waals surface area contributed by atoms with Crippen LogP contribution in [0.15, 0.2) is 35.5 Å². The number of nitrogens with one attached hydrogen (secondary N) is 2. The molecule has 7 heteroatoms. The Kier molecular flexibility index (Phi) is 4.10. The summed E-state index contributed by atoms with van der Waals surface area (Å²) in [6.07, 6.45) is 1.42. The van der Waals surface area contributed by atoms with Gasteiger partial charge in [0.15, 0.2) is 5.03 Å². The molecule has 2 rings (SSSR count). The van der Waals surface area contributed by atoms with E-state index >= 15 is 0 Å². The number of aromatic nitrogens is 2. The number of rotatable bonds is 5. The fraction of sp³-hybridized carbons (Fsp3) is 0.308. The minimum atomic E-state index is -3.72. The van der Waals surface area contributed by atoms with E-state index in [4.69, 9.17) is 5.73 Å². The van der Waals surface area contributed by atoms with Crippen LogP contribution >= 0.6 is 0 Å². The van der Waals surface area contributed by atoms with Crippen molar-refractivity contribution in [1.82, 2.24) is 10.2 Å². The van der Waals surface area contributed by atoms with E-state index in [9.17, 15) is 8.42 Å². The summed E-state index contributed by atoms with van der Waals surface area (Å²) < 4.78 is 27.3. The Morgan fingerprint density at radius 1 is 1.35 bits per heavy atom. The fourth-order valence-electron chi connectivity index (χ4n) is 1.97. The predicted molar refractivity (Wildman–Crippen MR) is 77.8 cm³/mol. The van der Waals surface area contributed by atoms with Crippen molar-refractivity contribution in [3.63, 3.8) is 0 Å². The lowest BCUT2D eigenvalue weighted by molar-refractivity contribution is 0.595. The SMILES string of the molecule is CC(C)c1ccccc1NS(=O)(=O)c1[nH]ncc1CN. The number of anilines is 1. The smallest absolute Gasteiger partial charge is 0.279 e. The van der Waals surface area contributed by atoms with Gasteiger partial charge < -0.3 is 5.73 Å². The lowest BCUT2D eigenvalue weighted by Gasteiger charge is -2.14. The molecule has 2 aromatic rings. The first-order valence-corrected chi connectivity index (χ1v) is 7.78. The maximum Gasteiger partial charge on any atom is 0.279 e. The first-order chi connectivity index (χ1) is 9.45. The summed E-state index contributed by atoms with van der Waals surface area (Å²) in [5.74, 6) is 0.213. The molecule has 0 aliphatic carbocycles. The number of aromatic amines is 1. The second-order valence-corrected chi connectivity index (χ2v) is 6.40. The number of benzene rings is 1. The molecule has 0 saturated carbocycles. The van der Waals surface area contributed by atoms with Gasteiger partial charge in [0, 0.05) is 12.1 Å². The van der Waals surface area contributed by atoms with E-state index in [1.165, 1.54) is 6.20 Å². The van der Waals surface area contributed by atoms with Crippen molar-refractivity contribution in [3.05, 3.63) is 41.6 Å². The molecule has 0 spiro atoms. The van der Waals surface area contributed by atoms with Crippen molar-refractivity contribution >= 4 is 15.7 Å². The molecule has 0 bridgehead atoms. The zero-order valence-electron chi connectivity index (χ0n) is 11.4. The normalized spacial score (nSPS) is 11.8. The van der Waals surface area contributed by atoms with E-state index < -0.39 is 10.0 Å². The zero-order chi connectivity index (χ0) is 14.8. The topological polar surface area (TPSA) is 101 Å². The highest BCUT2D eigenvalue weighted by Crippen LogP contribution is 2.26. The lowest BCUT2D eigenvalue weighted by atomic mass is 10.0. The largest absolute Gasteiger partial charge is 0.326 e. The highest BCUT2D eigenvalue weighted by molar-refractivity contribution is 7.92. The fourth-order valence-corrected chi connectivity index (χ4v) is 3.20. The lowest BCUT2D eigenvalue weighted by Crippen LogP contribution is -2.17. The first-order valence-electron chi connectivity index (χ1n) is 6.29. The molecule has 0 atom stereocenters. The number of para-hydroxylation sites is 1. The Hall–Kier alpha value is -1.86. The molecular weight excluding hydrogens is 276 g/mol. The van der Waals surface area contributed by atoms with Gasteiger partial charge in [0.2, 0.25) is 0 Å². The monoisotopic (exact) mass is 294 g/mol. The highest BCUT2D eigenvalue weighted by Gasteiger charge is 2.21. The van der Waals surface area contributed by atoms with Gasteiger partial charge in [0.1, 0.15) is 0 Å². The second kappa shape index (κ2) is 5.64. The molecule has 0 fully saturated rings. The van der Waals surface area contributed by atoms with Crippen molar-refractivity contribution in [3.8, 4) is 0 Å². The quantitative estimate of drug-likeness (QED) is 0.782. The maximum absolute atomic E-state index is 12.4. The molecule has 1 aromatic carbocycles. The molecule has 108 valence electrons. The van der Waals surface area contributed by atoms with Gasteiger partial charge in [-0.15, -0.1) is 0 Å². The molecule has 0 aliphatic rings. The van der Waals surface area contributed by atoms with Crippen LogP contribution in [0.2, 0.25) is 0 Å². The molecular formula is C13H18N4O2S. The van der Waals surface area contributed by atoms with Crippen LogP contribution in [0.3, 0.4) is 0 Å². The van der Waals surface area contributed by atoms with Gasteiger partial charge in [-0.1, -0.05) is 32.0 Å². The molecule has 0 aliphatic heterocycles. The number of H-pyrrole nitrogens is 1. The molecule has 1 heterocycles. The second-order valence-electron chi connectivity index (χ2n) is 4.78. The van der Waals surface area contributed by atoms with Gasteiger partial charge in [0.25, 0.3) is 10.0 Å². The number of sulfonamides is 1. The third-order valence-electron chi connectivity index (χ3n) is 2.99. The summed E-state index contributed by atoms with van der Waals surface area (Å²) >= 11 is 0. The van der Waals surface area contributed by atoms with E-state index in [0.717, 1.165) is 5.56 Å². The van der Waals surface area contributed by atoms with Gasteiger partial charge in [-0.3, -0.25) is 9.82 Å². The van der Waals surface area contributed by atoms with Crippen LogP contribution in [0.25, 0.3) is 0 Å². The van der Waals surface area contributed by atoms with Crippen LogP contribution in [0, 0.1) is 0 Å². The van der Waals surface area contributed by atoms with Crippen LogP contribution in [-0.2, 0) is 16.6 Å². The van der Waals surface area contributed by atoms with Crippen LogP contribution < -0.4 is 10.5 Å². The molecule has 0 saturated heterocycles. The Morgan fingerprint density at radius 2 is 2.05 bits per heavy atom. The minimum absolute atomic E-state index is 0.0126. The van der Waals surface area contributed by atoms with Gasteiger partial charge in [-0.05, 0) is 17.5 Å². The third kappa shape index (κ3) is 2.83. The molecule has 1 aromatic heterocycles. The number of nitrogens with two attached hydrogens (primary N) is 1. The first kappa shape index (κ1) is 14.5. The summed E-state index contributed by atoms with van der Waals surface area (Å²) in [4.78, 5) is 0. The molecule has 4 N–H and O–H groups in total. The van der Waals surface area contributed by atoms with E-state index in [1.807, 2.05) is 26.0 Å². The molecule has 0 radical (unpaired) electrons. The Morgan fingerprint density at radius 3 is 2.70 bits per heavy atom. The maximum atomic E-state index is 12.4. The van der Waals surface area contributed by atoms with E-state index in [1.54, 1.807) is 12.1 Å². The van der Waals surface area contributed by atoms with E-state index in [0.29, 0.717) is 11.3 Å². The predicted octanol–water partition coefficient (Wildman–Crippen LogP) is 1.79. The Balaban J connectivity index is 2.39. The summed E-state index contributed by atoms with van der Waals surface area (Å²) in [5.41, 5.74) is 7.47. The van der Waals surface area contributed by atoms with Crippen molar-refractivity contribution < 1.29 is 8.42 Å². The summed E-state index contributed by atoms with van der Waals surface area (Å²) in [7, 11) is -3.72. The van der Waals surface area contributed by atoms with Crippen LogP contribution in [0.5, 0.6) is 0 Å². The number of hydrogen-bond acceptors (Lipinski definition) is 4. The van der Waals surface area contributed by atoms with Crippen molar-refractivity contribution in [2.45, 2.75) is 31.3 Å². The van der Waals surface area contributed by atoms with Crippen LogP contribution in [-0.4, -0.2) is 18.6 Å². The zero-order valence-corrected chi connectivity index (χ0v) is 12.2.